The van der Waals surface area contributed by atoms with Gasteiger partial charge in [0, 0.05) is 6.07 Å². The molecular weight excluding hydrogens is 306 g/mol. The first kappa shape index (κ1) is 18.0. The third kappa shape index (κ3) is 2.76. The van der Waals surface area contributed by atoms with Gasteiger partial charge in [-0.2, -0.15) is 0 Å². The van der Waals surface area contributed by atoms with Crippen LogP contribution in [-0.4, -0.2) is 5.16 Å². The molecule has 2 nitrogen and oxygen atoms in total. The molecule has 0 amide bonds. The van der Waals surface area contributed by atoms with E-state index in [0.29, 0.717) is 5.92 Å². The number of aryl methyl sites for hydroxylation is 1. The van der Waals surface area contributed by atoms with Gasteiger partial charge in [0.2, 0.25) is 0 Å². The Kier molecular flexibility index (Phi) is 4.43. The maximum Gasteiger partial charge on any atom is 0.159 e. The molecule has 1 atom stereocenters. The Bertz CT molecular complexity index is 794. The molecule has 1 aromatic carbocycles. The molecule has 1 unspecified atom stereocenters. The molecule has 0 saturated carbocycles. The number of fused-ring (bicyclic) bond motifs is 1. The Hall–Kier alpha value is -1.83. The van der Waals surface area contributed by atoms with E-state index in [1.165, 1.54) is 27.8 Å². The number of aromatic nitrogens is 1. The number of hydrogen-bond acceptors (Lipinski definition) is 2. The van der Waals surface area contributed by atoms with Crippen molar-refractivity contribution in [2.75, 3.05) is 0 Å². The van der Waals surface area contributed by atoms with Crippen molar-refractivity contribution in [3.8, 4) is 0 Å². The molecule has 2 aromatic rings. The summed E-state index contributed by atoms with van der Waals surface area (Å²) in [5.74, 6) is 1.44. The first-order valence-electron chi connectivity index (χ1n) is 9.52. The molecular formula is C23H31NO. The molecule has 25 heavy (non-hydrogen) atoms. The van der Waals surface area contributed by atoms with Gasteiger partial charge < -0.3 is 4.52 Å². The largest absolute Gasteiger partial charge is 0.357 e. The number of benzene rings is 1. The Morgan fingerprint density at radius 1 is 1.12 bits per heavy atom. The maximum atomic E-state index is 5.32. The van der Waals surface area contributed by atoms with E-state index in [9.17, 15) is 0 Å². The summed E-state index contributed by atoms with van der Waals surface area (Å²) >= 11 is 0. The Morgan fingerprint density at radius 3 is 2.28 bits per heavy atom. The van der Waals surface area contributed by atoms with E-state index in [1.807, 2.05) is 6.07 Å². The molecule has 0 aliphatic heterocycles. The molecule has 0 N–H and O–H groups in total. The van der Waals surface area contributed by atoms with E-state index >= 15 is 0 Å². The van der Waals surface area contributed by atoms with E-state index in [4.69, 9.17) is 4.52 Å². The van der Waals surface area contributed by atoms with Gasteiger partial charge in [-0.1, -0.05) is 65.8 Å². The predicted octanol–water partition coefficient (Wildman–Crippen LogP) is 6.39. The van der Waals surface area contributed by atoms with Crippen LogP contribution in [0.1, 0.15) is 82.9 Å². The fourth-order valence-corrected chi connectivity index (χ4v) is 4.51. The van der Waals surface area contributed by atoms with Crippen LogP contribution in [0.2, 0.25) is 0 Å². The first-order valence-corrected chi connectivity index (χ1v) is 9.52. The number of rotatable bonds is 4. The second-order valence-electron chi connectivity index (χ2n) is 8.51. The zero-order valence-corrected chi connectivity index (χ0v) is 16.7. The lowest BCUT2D eigenvalue weighted by molar-refractivity contribution is 0.264. The highest BCUT2D eigenvalue weighted by Crippen LogP contribution is 2.54. The van der Waals surface area contributed by atoms with Crippen LogP contribution in [0.3, 0.4) is 0 Å². The van der Waals surface area contributed by atoms with Gasteiger partial charge in [0.05, 0.1) is 6.20 Å². The summed E-state index contributed by atoms with van der Waals surface area (Å²) in [6.45, 7) is 16.5. The normalized spacial score (nSPS) is 21.4. The van der Waals surface area contributed by atoms with Crippen molar-refractivity contribution in [1.82, 2.24) is 5.16 Å². The maximum absolute atomic E-state index is 5.32. The summed E-state index contributed by atoms with van der Waals surface area (Å²) in [5, 5.41) is 3.84. The highest BCUT2D eigenvalue weighted by atomic mass is 16.5. The molecule has 1 aromatic heterocycles. The van der Waals surface area contributed by atoms with E-state index in [1.54, 1.807) is 6.20 Å². The lowest BCUT2D eigenvalue weighted by atomic mass is 9.71. The molecule has 0 saturated heterocycles. The first-order chi connectivity index (χ1) is 11.7. The summed E-state index contributed by atoms with van der Waals surface area (Å²) in [6, 6.07) is 6.86. The van der Waals surface area contributed by atoms with Crippen LogP contribution in [0.15, 0.2) is 28.9 Å². The number of nitrogens with zero attached hydrogens (tertiary/aromatic N) is 1. The Morgan fingerprint density at radius 2 is 1.76 bits per heavy atom. The average Bonchev–Trinajstić information content (AvgIpc) is 3.14. The lowest BCUT2D eigenvalue weighted by Gasteiger charge is -2.32. The summed E-state index contributed by atoms with van der Waals surface area (Å²) in [6.07, 6.45) is 5.87. The zero-order valence-electron chi connectivity index (χ0n) is 16.7. The van der Waals surface area contributed by atoms with Gasteiger partial charge >= 0.3 is 0 Å². The van der Waals surface area contributed by atoms with Gasteiger partial charge in [-0.05, 0) is 63.5 Å². The van der Waals surface area contributed by atoms with Crippen molar-refractivity contribution in [1.29, 1.82) is 0 Å². The average molecular weight is 338 g/mol. The van der Waals surface area contributed by atoms with Gasteiger partial charge in [-0.15, -0.1) is 0 Å². The second-order valence-corrected chi connectivity index (χ2v) is 8.51. The standard InChI is InChI=1S/C23H31NO/c1-8-16(12-18-10-11-24-25-18)19-14-21-20(13-17(19)9-2)22(4,5)15(3)23(21,6)7/h10-15H,8-9H2,1-7H3/b16-12+. The molecule has 0 radical (unpaired) electrons. The molecule has 0 fully saturated rings. The van der Waals surface area contributed by atoms with Gasteiger partial charge in [0.25, 0.3) is 0 Å². The molecule has 134 valence electrons. The third-order valence-electron chi connectivity index (χ3n) is 6.68. The summed E-state index contributed by atoms with van der Waals surface area (Å²) in [7, 11) is 0. The predicted molar refractivity (Wildman–Crippen MR) is 106 cm³/mol. The van der Waals surface area contributed by atoms with Gasteiger partial charge in [-0.3, -0.25) is 0 Å². The highest BCUT2D eigenvalue weighted by Gasteiger charge is 2.48. The van der Waals surface area contributed by atoms with Crippen LogP contribution >= 0.6 is 0 Å². The zero-order chi connectivity index (χ0) is 18.4. The number of allylic oxidation sites excluding steroid dienone is 1. The van der Waals surface area contributed by atoms with Crippen LogP contribution < -0.4 is 0 Å². The van der Waals surface area contributed by atoms with E-state index in [-0.39, 0.29) is 10.8 Å². The molecule has 2 heteroatoms. The SMILES string of the molecule is CC/C(=C\c1ccno1)c1cc2c(cc1CC)C(C)(C)C(C)C2(C)C. The van der Waals surface area contributed by atoms with Crippen LogP contribution in [-0.2, 0) is 17.3 Å². The fourth-order valence-electron chi connectivity index (χ4n) is 4.51. The minimum atomic E-state index is 0.185. The van der Waals surface area contributed by atoms with Crippen molar-refractivity contribution in [2.45, 2.75) is 72.1 Å². The Labute approximate surface area is 152 Å². The van der Waals surface area contributed by atoms with Crippen LogP contribution in [0.5, 0.6) is 0 Å². The van der Waals surface area contributed by atoms with E-state index < -0.39 is 0 Å². The van der Waals surface area contributed by atoms with Crippen molar-refractivity contribution in [3.63, 3.8) is 0 Å². The van der Waals surface area contributed by atoms with Crippen LogP contribution in [0, 0.1) is 5.92 Å². The van der Waals surface area contributed by atoms with Gasteiger partial charge in [-0.25, -0.2) is 0 Å². The highest BCUT2D eigenvalue weighted by molar-refractivity contribution is 5.82. The van der Waals surface area contributed by atoms with E-state index in [0.717, 1.165) is 18.6 Å². The Balaban J connectivity index is 2.22. The molecule has 1 aliphatic carbocycles. The van der Waals surface area contributed by atoms with Crippen molar-refractivity contribution in [2.24, 2.45) is 5.92 Å². The molecule has 1 heterocycles. The minimum Gasteiger partial charge on any atom is -0.357 e. The van der Waals surface area contributed by atoms with Gasteiger partial charge in [0.1, 0.15) is 0 Å². The third-order valence-corrected chi connectivity index (χ3v) is 6.68. The molecule has 3 rings (SSSR count). The quantitative estimate of drug-likeness (QED) is 0.646. The molecule has 1 aliphatic rings. The monoisotopic (exact) mass is 337 g/mol. The van der Waals surface area contributed by atoms with Crippen LogP contribution in [0.4, 0.5) is 0 Å². The summed E-state index contributed by atoms with van der Waals surface area (Å²) in [4.78, 5) is 0. The second kappa shape index (κ2) is 6.16. The van der Waals surface area contributed by atoms with Crippen molar-refractivity contribution < 1.29 is 4.52 Å². The smallest absolute Gasteiger partial charge is 0.159 e. The lowest BCUT2D eigenvalue weighted by Crippen LogP contribution is -2.30. The van der Waals surface area contributed by atoms with Crippen molar-refractivity contribution in [3.05, 3.63) is 52.4 Å². The number of hydrogen-bond donors (Lipinski definition) is 0. The summed E-state index contributed by atoms with van der Waals surface area (Å²) < 4.78 is 5.32. The van der Waals surface area contributed by atoms with Crippen molar-refractivity contribution >= 4 is 11.6 Å². The van der Waals surface area contributed by atoms with Crippen LogP contribution in [0.25, 0.3) is 11.6 Å². The summed E-state index contributed by atoms with van der Waals surface area (Å²) in [5.41, 5.74) is 7.56. The topological polar surface area (TPSA) is 26.0 Å². The fraction of sp³-hybridized carbons (Fsp3) is 0.522. The van der Waals surface area contributed by atoms with E-state index in [2.05, 4.69) is 71.8 Å². The molecule has 0 bridgehead atoms. The molecule has 0 spiro atoms. The van der Waals surface area contributed by atoms with Gasteiger partial charge in [0.15, 0.2) is 5.76 Å². The minimum absolute atomic E-state index is 0.185.